The van der Waals surface area contributed by atoms with Gasteiger partial charge in [-0.05, 0) is 0 Å². The molecule has 2 unspecified atom stereocenters. The molecule has 0 amide bonds. The molecule has 2 heteroatoms. The molecule has 6 aromatic carbocycles. The van der Waals surface area contributed by atoms with Crippen LogP contribution in [-0.4, -0.2) is 6.88 Å². The number of fused-ring (bicyclic) bond motifs is 2. The van der Waals surface area contributed by atoms with Crippen LogP contribution in [0.2, 0.25) is 9.26 Å². The molecule has 0 aromatic heterocycles. The van der Waals surface area contributed by atoms with Crippen LogP contribution in [-0.2, 0) is 17.4 Å². The van der Waals surface area contributed by atoms with Crippen molar-refractivity contribution in [3.05, 3.63) is 179 Å². The van der Waals surface area contributed by atoms with Crippen molar-refractivity contribution in [3.8, 4) is 44.5 Å². The fourth-order valence-corrected chi connectivity index (χ4v) is 31.9. The number of hydrogen-bond acceptors (Lipinski definition) is 0. The molecule has 0 saturated heterocycles. The molecule has 58 heavy (non-hydrogen) atoms. The summed E-state index contributed by atoms with van der Waals surface area (Å²) in [6, 6.07) is 55.3. The quantitative estimate of drug-likeness (QED) is 0.121. The van der Waals surface area contributed by atoms with E-state index in [1.165, 1.54) is 120 Å². The van der Waals surface area contributed by atoms with Gasteiger partial charge in [0.15, 0.2) is 0 Å². The predicted molar refractivity (Wildman–Crippen MR) is 249 cm³/mol. The molecule has 0 bridgehead atoms. The van der Waals surface area contributed by atoms with E-state index < -0.39 is 17.4 Å². The van der Waals surface area contributed by atoms with E-state index in [0.717, 1.165) is 11.8 Å². The molecule has 0 aliphatic heterocycles. The third-order valence-corrected chi connectivity index (χ3v) is 32.2. The van der Waals surface area contributed by atoms with Crippen molar-refractivity contribution in [1.29, 1.82) is 0 Å². The SMILES string of the molecule is [CH3][Zr]([CH3])(=[SiH2])([CH]1C(CC2CCCC2)=Cc2c(-c3ccccc3)ccc(-c3ccccc3)c21)[CH]1C(CC2CCCC2)=Cc2c(-c3ccccc3)ccc(-c3ccccc3)c21. The van der Waals surface area contributed by atoms with Crippen LogP contribution in [0, 0.1) is 11.8 Å². The molecular formula is C56H58SiZr. The fraction of sp³-hybridized carbons (Fsp3) is 0.286. The predicted octanol–water partition coefficient (Wildman–Crippen LogP) is 15.4. The average molecular weight is 850 g/mol. The summed E-state index contributed by atoms with van der Waals surface area (Å²) in [6.45, 7) is 2.57. The Balaban J connectivity index is 1.26. The zero-order valence-corrected chi connectivity index (χ0v) is 38.5. The van der Waals surface area contributed by atoms with E-state index in [9.17, 15) is 0 Å². The van der Waals surface area contributed by atoms with E-state index in [1.54, 1.807) is 22.3 Å². The molecule has 0 heterocycles. The van der Waals surface area contributed by atoms with Crippen molar-refractivity contribution in [2.24, 2.45) is 11.8 Å². The molecule has 2 saturated carbocycles. The van der Waals surface area contributed by atoms with Crippen LogP contribution in [0.15, 0.2) is 157 Å². The average Bonchev–Trinajstić information content (AvgIpc) is 4.09. The van der Waals surface area contributed by atoms with E-state index in [0.29, 0.717) is 7.25 Å². The third-order valence-electron chi connectivity index (χ3n) is 14.8. The van der Waals surface area contributed by atoms with Crippen molar-refractivity contribution in [2.45, 2.75) is 80.7 Å². The Morgan fingerprint density at radius 2 is 0.707 bits per heavy atom. The Kier molecular flexibility index (Phi) is 10.2. The topological polar surface area (TPSA) is 0 Å². The van der Waals surface area contributed by atoms with Crippen LogP contribution < -0.4 is 0 Å². The zero-order chi connectivity index (χ0) is 39.3. The van der Waals surface area contributed by atoms with Gasteiger partial charge < -0.3 is 0 Å². The van der Waals surface area contributed by atoms with Gasteiger partial charge in [-0.2, -0.15) is 0 Å². The van der Waals surface area contributed by atoms with Gasteiger partial charge in [0.2, 0.25) is 0 Å². The number of rotatable bonds is 10. The summed E-state index contributed by atoms with van der Waals surface area (Å²) < 4.78 is 6.72. The van der Waals surface area contributed by atoms with Gasteiger partial charge in [0, 0.05) is 0 Å². The summed E-state index contributed by atoms with van der Waals surface area (Å²) >= 11 is -4.16. The standard InChI is InChI=1S/2C27H25.2CH3.H2Si.Zr/c2*1-3-11-22(12-4-1)24-15-16-25(23-13-5-2-6-14-23)27-19-21(18-26(24)27)17-20-9-7-8-10-20;;;;/h2*1-6,11-16,18-20H,7-10,17H2;2*1H3;1H2;. The monoisotopic (exact) mass is 848 g/mol. The molecular weight excluding hydrogens is 792 g/mol. The van der Waals surface area contributed by atoms with Gasteiger partial charge in [0.05, 0.1) is 0 Å². The van der Waals surface area contributed by atoms with Crippen LogP contribution in [0.25, 0.3) is 56.7 Å². The molecule has 2 fully saturated rings. The second-order valence-corrected chi connectivity index (χ2v) is 49.9. The second-order valence-electron chi connectivity index (χ2n) is 19.4. The van der Waals surface area contributed by atoms with E-state index in [1.807, 2.05) is 0 Å². The van der Waals surface area contributed by atoms with Crippen molar-refractivity contribution in [2.75, 3.05) is 0 Å². The minimum absolute atomic E-state index is 0.446. The van der Waals surface area contributed by atoms with Crippen LogP contribution in [0.4, 0.5) is 0 Å². The van der Waals surface area contributed by atoms with Crippen LogP contribution >= 0.6 is 0 Å². The third kappa shape index (κ3) is 6.87. The van der Waals surface area contributed by atoms with Gasteiger partial charge in [-0.25, -0.2) is 0 Å². The van der Waals surface area contributed by atoms with Crippen molar-refractivity contribution >= 4 is 19.0 Å². The molecule has 4 aliphatic rings. The Labute approximate surface area is 350 Å². The van der Waals surface area contributed by atoms with Gasteiger partial charge in [0.25, 0.3) is 0 Å². The van der Waals surface area contributed by atoms with Crippen LogP contribution in [0.5, 0.6) is 0 Å². The zero-order valence-electron chi connectivity index (χ0n) is 34.6. The van der Waals surface area contributed by atoms with Gasteiger partial charge >= 0.3 is 352 Å². The Hall–Kier alpha value is -4.10. The maximum absolute atomic E-state index is 4.16. The maximum atomic E-state index is 2.91. The molecule has 4 aliphatic carbocycles. The van der Waals surface area contributed by atoms with Crippen LogP contribution in [0.3, 0.4) is 0 Å². The first kappa shape index (κ1) is 38.1. The van der Waals surface area contributed by atoms with Crippen LogP contribution in [0.1, 0.15) is 93.7 Å². The fourth-order valence-electron chi connectivity index (χ4n) is 12.4. The van der Waals surface area contributed by atoms with E-state index in [2.05, 4.69) is 174 Å². The molecule has 10 rings (SSSR count). The number of allylic oxidation sites excluding steroid dienone is 2. The number of hydrogen-bond donors (Lipinski definition) is 0. The molecule has 0 spiro atoms. The summed E-state index contributed by atoms with van der Waals surface area (Å²) in [5.74, 6) is 1.57. The summed E-state index contributed by atoms with van der Waals surface area (Å²) in [4.78, 5) is 0. The van der Waals surface area contributed by atoms with Crippen molar-refractivity contribution < 1.29 is 17.4 Å². The first-order valence-corrected chi connectivity index (χ1v) is 36.0. The molecule has 0 radical (unpaired) electrons. The Morgan fingerprint density at radius 1 is 0.414 bits per heavy atom. The molecule has 0 N–H and O–H groups in total. The Bertz CT molecular complexity index is 2400. The second kappa shape index (κ2) is 15.5. The molecule has 290 valence electrons. The van der Waals surface area contributed by atoms with Gasteiger partial charge in [-0.3, -0.25) is 0 Å². The van der Waals surface area contributed by atoms with Gasteiger partial charge in [-0.15, -0.1) is 0 Å². The molecule has 0 nitrogen and oxygen atoms in total. The van der Waals surface area contributed by atoms with E-state index in [-0.39, 0.29) is 0 Å². The van der Waals surface area contributed by atoms with E-state index in [4.69, 9.17) is 0 Å². The molecule has 6 aromatic rings. The first-order chi connectivity index (χ1) is 28.3. The van der Waals surface area contributed by atoms with Gasteiger partial charge in [0.1, 0.15) is 0 Å². The summed E-state index contributed by atoms with van der Waals surface area (Å²) in [7, 11) is 0. The molecule has 2 atom stereocenters. The minimum atomic E-state index is -4.16. The van der Waals surface area contributed by atoms with Crippen molar-refractivity contribution in [1.82, 2.24) is 0 Å². The summed E-state index contributed by atoms with van der Waals surface area (Å²) in [5, 5.41) is 0. The summed E-state index contributed by atoms with van der Waals surface area (Å²) in [6.07, 6.45) is 19.0. The van der Waals surface area contributed by atoms with Crippen molar-refractivity contribution in [3.63, 3.8) is 0 Å². The Morgan fingerprint density at radius 3 is 1.03 bits per heavy atom. The van der Waals surface area contributed by atoms with E-state index >= 15 is 0 Å². The summed E-state index contributed by atoms with van der Waals surface area (Å²) in [5.41, 5.74) is 20.9. The first-order valence-electron chi connectivity index (χ1n) is 22.4. The van der Waals surface area contributed by atoms with Gasteiger partial charge in [-0.1, -0.05) is 0 Å². The normalized spacial score (nSPS) is 19.6. The number of benzene rings is 6.